The molecule has 1 N–H and O–H groups in total. The van der Waals surface area contributed by atoms with E-state index in [0.717, 1.165) is 0 Å². The number of esters is 1. The molecular formula is C14H16ClFN2O3. The molecule has 0 unspecified atom stereocenters. The lowest BCUT2D eigenvalue weighted by Gasteiger charge is -2.01. The van der Waals surface area contributed by atoms with Crippen molar-refractivity contribution in [2.24, 2.45) is 0 Å². The largest absolute Gasteiger partial charge is 0.466 e. The minimum Gasteiger partial charge on any atom is -0.466 e. The van der Waals surface area contributed by atoms with Crippen molar-refractivity contribution in [1.82, 2.24) is 9.78 Å². The molecule has 0 aliphatic carbocycles. The van der Waals surface area contributed by atoms with Gasteiger partial charge in [-0.3, -0.25) is 14.7 Å². The van der Waals surface area contributed by atoms with Crippen LogP contribution in [0.15, 0.2) is 29.1 Å². The SMILES string of the molecule is CCOC(=O)Cc1c(C)[nH]n(-c2cccc(F)c2)c1=O.Cl. The molecule has 0 saturated carbocycles. The van der Waals surface area contributed by atoms with Crippen LogP contribution in [0.4, 0.5) is 4.39 Å². The number of carbonyl (C=O) groups excluding carboxylic acids is 1. The molecule has 1 aromatic heterocycles. The van der Waals surface area contributed by atoms with Crippen LogP contribution in [-0.2, 0) is 16.0 Å². The van der Waals surface area contributed by atoms with Crippen LogP contribution in [0.3, 0.4) is 0 Å². The Morgan fingerprint density at radius 2 is 2.14 bits per heavy atom. The maximum Gasteiger partial charge on any atom is 0.310 e. The fourth-order valence-corrected chi connectivity index (χ4v) is 1.94. The second kappa shape index (κ2) is 7.08. The van der Waals surface area contributed by atoms with E-state index in [4.69, 9.17) is 4.74 Å². The first kappa shape index (κ1) is 17.0. The number of nitrogens with zero attached hydrogens (tertiary/aromatic N) is 1. The summed E-state index contributed by atoms with van der Waals surface area (Å²) < 4.78 is 19.2. The van der Waals surface area contributed by atoms with Gasteiger partial charge in [-0.25, -0.2) is 9.07 Å². The van der Waals surface area contributed by atoms with Crippen molar-refractivity contribution in [2.75, 3.05) is 6.61 Å². The lowest BCUT2D eigenvalue weighted by molar-refractivity contribution is -0.142. The standard InChI is InChI=1S/C14H15FN2O3.ClH/c1-3-20-13(18)8-12-9(2)16-17(14(12)19)11-6-4-5-10(15)7-11;/h4-7,16H,3,8H2,1-2H3;1H. The van der Waals surface area contributed by atoms with Gasteiger partial charge in [0.2, 0.25) is 0 Å². The molecule has 2 rings (SSSR count). The molecule has 1 heterocycles. The first-order chi connectivity index (χ1) is 9.52. The van der Waals surface area contributed by atoms with Crippen LogP contribution in [0, 0.1) is 12.7 Å². The third-order valence-electron chi connectivity index (χ3n) is 2.89. The Kier molecular flexibility index (Phi) is 5.72. The van der Waals surface area contributed by atoms with Gasteiger partial charge >= 0.3 is 5.97 Å². The van der Waals surface area contributed by atoms with Crippen molar-refractivity contribution in [3.8, 4) is 5.69 Å². The van der Waals surface area contributed by atoms with Crippen molar-refractivity contribution in [2.45, 2.75) is 20.3 Å². The van der Waals surface area contributed by atoms with Crippen molar-refractivity contribution < 1.29 is 13.9 Å². The maximum atomic E-state index is 13.2. The number of ether oxygens (including phenoxy) is 1. The van der Waals surface area contributed by atoms with Gasteiger partial charge in [0.15, 0.2) is 0 Å². The van der Waals surface area contributed by atoms with E-state index in [-0.39, 0.29) is 31.0 Å². The van der Waals surface area contributed by atoms with E-state index in [1.165, 1.54) is 22.9 Å². The molecule has 0 fully saturated rings. The minimum absolute atomic E-state index is 0. The smallest absolute Gasteiger partial charge is 0.310 e. The summed E-state index contributed by atoms with van der Waals surface area (Å²) in [7, 11) is 0. The Morgan fingerprint density at radius 1 is 1.43 bits per heavy atom. The number of rotatable bonds is 4. The third kappa shape index (κ3) is 3.72. The molecule has 1 aromatic carbocycles. The number of aryl methyl sites for hydroxylation is 1. The summed E-state index contributed by atoms with van der Waals surface area (Å²) >= 11 is 0. The Morgan fingerprint density at radius 3 is 2.76 bits per heavy atom. The zero-order valence-electron chi connectivity index (χ0n) is 11.7. The van der Waals surface area contributed by atoms with Gasteiger partial charge < -0.3 is 4.74 Å². The van der Waals surface area contributed by atoms with Crippen molar-refractivity contribution >= 4 is 18.4 Å². The van der Waals surface area contributed by atoms with Crippen LogP contribution in [0.5, 0.6) is 0 Å². The number of hydrogen-bond donors (Lipinski definition) is 1. The molecule has 0 spiro atoms. The number of hydrogen-bond acceptors (Lipinski definition) is 3. The first-order valence-corrected chi connectivity index (χ1v) is 6.25. The van der Waals surface area contributed by atoms with E-state index in [1.807, 2.05) is 0 Å². The van der Waals surface area contributed by atoms with E-state index < -0.39 is 11.8 Å². The van der Waals surface area contributed by atoms with Crippen molar-refractivity contribution in [1.29, 1.82) is 0 Å². The van der Waals surface area contributed by atoms with Crippen LogP contribution in [0.25, 0.3) is 5.69 Å². The highest BCUT2D eigenvalue weighted by Crippen LogP contribution is 2.09. The molecule has 21 heavy (non-hydrogen) atoms. The summed E-state index contributed by atoms with van der Waals surface area (Å²) in [5.41, 5.74) is 0.898. The molecular weight excluding hydrogens is 299 g/mol. The van der Waals surface area contributed by atoms with E-state index in [9.17, 15) is 14.0 Å². The number of H-pyrrole nitrogens is 1. The number of aromatic amines is 1. The monoisotopic (exact) mass is 314 g/mol. The van der Waals surface area contributed by atoms with Gasteiger partial charge in [-0.05, 0) is 32.0 Å². The molecule has 2 aromatic rings. The fraction of sp³-hybridized carbons (Fsp3) is 0.286. The Balaban J connectivity index is 0.00000220. The van der Waals surface area contributed by atoms with Gasteiger partial charge in [0.05, 0.1) is 24.3 Å². The highest BCUT2D eigenvalue weighted by Gasteiger charge is 2.16. The molecule has 0 amide bonds. The van der Waals surface area contributed by atoms with E-state index in [2.05, 4.69) is 5.10 Å². The van der Waals surface area contributed by atoms with Gasteiger partial charge in [0.25, 0.3) is 5.56 Å². The second-order valence-electron chi connectivity index (χ2n) is 4.32. The number of carbonyl (C=O) groups is 1. The molecule has 5 nitrogen and oxygen atoms in total. The van der Waals surface area contributed by atoms with Crippen molar-refractivity contribution in [3.05, 3.63) is 51.7 Å². The number of aromatic nitrogens is 2. The average Bonchev–Trinajstić information content (AvgIpc) is 2.67. The van der Waals surface area contributed by atoms with Crippen LogP contribution in [-0.4, -0.2) is 22.4 Å². The first-order valence-electron chi connectivity index (χ1n) is 6.25. The van der Waals surface area contributed by atoms with Crippen LogP contribution in [0.2, 0.25) is 0 Å². The molecule has 7 heteroatoms. The molecule has 0 aliphatic rings. The molecule has 0 saturated heterocycles. The third-order valence-corrected chi connectivity index (χ3v) is 2.89. The zero-order chi connectivity index (χ0) is 14.7. The molecule has 0 atom stereocenters. The number of benzene rings is 1. The highest BCUT2D eigenvalue weighted by atomic mass is 35.5. The summed E-state index contributed by atoms with van der Waals surface area (Å²) in [4.78, 5) is 23.7. The van der Waals surface area contributed by atoms with Gasteiger partial charge in [-0.1, -0.05) is 6.07 Å². The summed E-state index contributed by atoms with van der Waals surface area (Å²) in [6, 6.07) is 5.65. The van der Waals surface area contributed by atoms with Crippen LogP contribution in [0.1, 0.15) is 18.2 Å². The van der Waals surface area contributed by atoms with Gasteiger partial charge in [-0.2, -0.15) is 0 Å². The summed E-state index contributed by atoms with van der Waals surface area (Å²) in [6.07, 6.45) is -0.0999. The summed E-state index contributed by atoms with van der Waals surface area (Å²) in [5.74, 6) is -0.897. The Hall–Kier alpha value is -2.08. The predicted octanol–water partition coefficient (Wildman–Crippen LogP) is 2.14. The van der Waals surface area contributed by atoms with Crippen LogP contribution >= 0.6 is 12.4 Å². The molecule has 0 aliphatic heterocycles. The maximum absolute atomic E-state index is 13.2. The number of halogens is 2. The quantitative estimate of drug-likeness (QED) is 0.879. The summed E-state index contributed by atoms with van der Waals surface area (Å²) in [5, 5.41) is 2.83. The highest BCUT2D eigenvalue weighted by molar-refractivity contribution is 5.85. The topological polar surface area (TPSA) is 64.1 Å². The Labute approximate surface area is 127 Å². The van der Waals surface area contributed by atoms with Gasteiger partial charge in [0.1, 0.15) is 5.82 Å². The lowest BCUT2D eigenvalue weighted by atomic mass is 10.2. The van der Waals surface area contributed by atoms with E-state index >= 15 is 0 Å². The molecule has 0 radical (unpaired) electrons. The normalized spacial score (nSPS) is 10.0. The van der Waals surface area contributed by atoms with Gasteiger partial charge in [-0.15, -0.1) is 12.4 Å². The Bertz CT molecular complexity index is 694. The molecule has 0 bridgehead atoms. The van der Waals surface area contributed by atoms with Crippen LogP contribution < -0.4 is 5.56 Å². The lowest BCUT2D eigenvalue weighted by Crippen LogP contribution is -2.20. The zero-order valence-corrected chi connectivity index (χ0v) is 12.5. The summed E-state index contributed by atoms with van der Waals surface area (Å²) in [6.45, 7) is 3.65. The predicted molar refractivity (Wildman–Crippen MR) is 78.7 cm³/mol. The molecule has 114 valence electrons. The second-order valence-corrected chi connectivity index (χ2v) is 4.32. The van der Waals surface area contributed by atoms with E-state index in [1.54, 1.807) is 19.9 Å². The fourth-order valence-electron chi connectivity index (χ4n) is 1.94. The van der Waals surface area contributed by atoms with Gasteiger partial charge in [0, 0.05) is 5.69 Å². The minimum atomic E-state index is -0.460. The van der Waals surface area contributed by atoms with Crippen molar-refractivity contribution in [3.63, 3.8) is 0 Å². The number of nitrogens with one attached hydrogen (secondary N) is 1. The van der Waals surface area contributed by atoms with E-state index in [0.29, 0.717) is 16.9 Å². The average molecular weight is 315 g/mol.